The van der Waals surface area contributed by atoms with Gasteiger partial charge in [-0.2, -0.15) is 0 Å². The van der Waals surface area contributed by atoms with E-state index in [0.717, 1.165) is 0 Å². The SMILES string of the molecule is CC(Cl)c1ccc(Br)c(F)c1F. The number of halogens is 4. The fraction of sp³-hybridized carbons (Fsp3) is 0.250. The first-order chi connectivity index (χ1) is 5.54. The topological polar surface area (TPSA) is 0 Å². The molecule has 0 bridgehead atoms. The van der Waals surface area contributed by atoms with Gasteiger partial charge in [0, 0.05) is 5.56 Å². The van der Waals surface area contributed by atoms with Crippen molar-refractivity contribution in [2.24, 2.45) is 0 Å². The smallest absolute Gasteiger partial charge is 0.173 e. The van der Waals surface area contributed by atoms with Gasteiger partial charge in [0.05, 0.1) is 9.85 Å². The van der Waals surface area contributed by atoms with Crippen LogP contribution in [0.4, 0.5) is 8.78 Å². The lowest BCUT2D eigenvalue weighted by Gasteiger charge is -2.06. The molecule has 1 unspecified atom stereocenters. The van der Waals surface area contributed by atoms with Gasteiger partial charge in [-0.15, -0.1) is 11.6 Å². The summed E-state index contributed by atoms with van der Waals surface area (Å²) in [5.74, 6) is -1.77. The third kappa shape index (κ3) is 1.77. The van der Waals surface area contributed by atoms with Crippen molar-refractivity contribution in [1.29, 1.82) is 0 Å². The van der Waals surface area contributed by atoms with Crippen LogP contribution in [-0.4, -0.2) is 0 Å². The summed E-state index contributed by atoms with van der Waals surface area (Å²) >= 11 is 8.48. The lowest BCUT2D eigenvalue weighted by atomic mass is 10.1. The molecule has 0 saturated heterocycles. The van der Waals surface area contributed by atoms with Crippen LogP contribution in [0.1, 0.15) is 17.9 Å². The average Bonchev–Trinajstić information content (AvgIpc) is 2.00. The average molecular weight is 255 g/mol. The zero-order valence-electron chi connectivity index (χ0n) is 6.24. The van der Waals surface area contributed by atoms with Crippen LogP contribution in [0.15, 0.2) is 16.6 Å². The normalized spacial score (nSPS) is 13.1. The first-order valence-electron chi connectivity index (χ1n) is 3.31. The molecule has 12 heavy (non-hydrogen) atoms. The highest BCUT2D eigenvalue weighted by atomic mass is 79.9. The Kier molecular flexibility index (Phi) is 3.07. The van der Waals surface area contributed by atoms with Gasteiger partial charge in [0.1, 0.15) is 0 Å². The summed E-state index contributed by atoms with van der Waals surface area (Å²) in [4.78, 5) is 0. The van der Waals surface area contributed by atoms with E-state index in [9.17, 15) is 8.78 Å². The van der Waals surface area contributed by atoms with Gasteiger partial charge in [0.2, 0.25) is 0 Å². The van der Waals surface area contributed by atoms with E-state index in [-0.39, 0.29) is 10.0 Å². The van der Waals surface area contributed by atoms with Crippen molar-refractivity contribution in [1.82, 2.24) is 0 Å². The number of hydrogen-bond acceptors (Lipinski definition) is 0. The minimum absolute atomic E-state index is 0.112. The Morgan fingerprint density at radius 1 is 1.33 bits per heavy atom. The van der Waals surface area contributed by atoms with Gasteiger partial charge in [-0.25, -0.2) is 8.78 Å². The summed E-state index contributed by atoms with van der Waals surface area (Å²) in [5.41, 5.74) is 0.178. The minimum Gasteiger partial charge on any atom is -0.203 e. The third-order valence-electron chi connectivity index (χ3n) is 1.49. The molecule has 1 rings (SSSR count). The van der Waals surface area contributed by atoms with Gasteiger partial charge in [-0.3, -0.25) is 0 Å². The van der Waals surface area contributed by atoms with Crippen molar-refractivity contribution < 1.29 is 8.78 Å². The molecule has 0 aliphatic heterocycles. The van der Waals surface area contributed by atoms with Gasteiger partial charge >= 0.3 is 0 Å². The van der Waals surface area contributed by atoms with E-state index >= 15 is 0 Å². The van der Waals surface area contributed by atoms with Gasteiger partial charge in [-0.05, 0) is 28.9 Å². The van der Waals surface area contributed by atoms with E-state index < -0.39 is 17.0 Å². The van der Waals surface area contributed by atoms with Crippen LogP contribution in [0.25, 0.3) is 0 Å². The van der Waals surface area contributed by atoms with Crippen LogP contribution in [-0.2, 0) is 0 Å². The van der Waals surface area contributed by atoms with Crippen LogP contribution in [0.3, 0.4) is 0 Å². The van der Waals surface area contributed by atoms with E-state index in [1.165, 1.54) is 12.1 Å². The molecule has 1 atom stereocenters. The van der Waals surface area contributed by atoms with Gasteiger partial charge < -0.3 is 0 Å². The monoisotopic (exact) mass is 254 g/mol. The maximum atomic E-state index is 13.0. The largest absolute Gasteiger partial charge is 0.203 e. The number of alkyl halides is 1. The Balaban J connectivity index is 3.27. The molecule has 1 aromatic carbocycles. The molecular weight excluding hydrogens is 249 g/mol. The Morgan fingerprint density at radius 3 is 2.42 bits per heavy atom. The second-order valence-corrected chi connectivity index (χ2v) is 3.89. The summed E-state index contributed by atoms with van der Waals surface area (Å²) in [6.45, 7) is 1.59. The molecule has 0 spiro atoms. The summed E-state index contributed by atoms with van der Waals surface area (Å²) in [7, 11) is 0. The molecule has 0 aliphatic carbocycles. The lowest BCUT2D eigenvalue weighted by Crippen LogP contribution is -1.95. The van der Waals surface area contributed by atoms with E-state index in [0.29, 0.717) is 0 Å². The van der Waals surface area contributed by atoms with Crippen molar-refractivity contribution >= 4 is 27.5 Å². The predicted octanol–water partition coefficient (Wildman–Crippen LogP) is 4.03. The summed E-state index contributed by atoms with van der Waals surface area (Å²) < 4.78 is 26.0. The van der Waals surface area contributed by atoms with Crippen molar-refractivity contribution in [2.45, 2.75) is 12.3 Å². The molecule has 0 heterocycles. The zero-order valence-corrected chi connectivity index (χ0v) is 8.59. The molecule has 0 aliphatic rings. The molecule has 0 aromatic heterocycles. The van der Waals surface area contributed by atoms with Crippen LogP contribution < -0.4 is 0 Å². The van der Waals surface area contributed by atoms with Gasteiger partial charge in [0.15, 0.2) is 11.6 Å². The Morgan fingerprint density at radius 2 is 1.92 bits per heavy atom. The number of rotatable bonds is 1. The molecule has 4 heteroatoms. The summed E-state index contributed by atoms with van der Waals surface area (Å²) in [6, 6.07) is 2.90. The minimum atomic E-state index is -0.889. The van der Waals surface area contributed by atoms with E-state index in [1.807, 2.05) is 0 Å². The van der Waals surface area contributed by atoms with Crippen LogP contribution in [0, 0.1) is 11.6 Å². The summed E-state index contributed by atoms with van der Waals surface area (Å²) in [5, 5.41) is -0.521. The van der Waals surface area contributed by atoms with Crippen molar-refractivity contribution in [3.05, 3.63) is 33.8 Å². The van der Waals surface area contributed by atoms with Crippen LogP contribution >= 0.6 is 27.5 Å². The molecule has 0 fully saturated rings. The molecular formula is C8H6BrClF2. The number of hydrogen-bond donors (Lipinski definition) is 0. The van der Waals surface area contributed by atoms with Crippen LogP contribution in [0.2, 0.25) is 0 Å². The predicted molar refractivity (Wildman–Crippen MR) is 48.3 cm³/mol. The molecule has 0 nitrogen and oxygen atoms in total. The van der Waals surface area contributed by atoms with E-state index in [4.69, 9.17) is 11.6 Å². The molecule has 1 aromatic rings. The maximum Gasteiger partial charge on any atom is 0.173 e. The first-order valence-corrected chi connectivity index (χ1v) is 4.54. The van der Waals surface area contributed by atoms with E-state index in [2.05, 4.69) is 15.9 Å². The highest BCUT2D eigenvalue weighted by Gasteiger charge is 2.14. The fourth-order valence-electron chi connectivity index (χ4n) is 0.848. The molecule has 0 saturated carbocycles. The highest BCUT2D eigenvalue weighted by Crippen LogP contribution is 2.27. The van der Waals surface area contributed by atoms with Crippen molar-refractivity contribution in [2.75, 3.05) is 0 Å². The standard InChI is InChI=1S/C8H6BrClF2/c1-4(10)5-2-3-6(9)8(12)7(5)11/h2-4H,1H3. The van der Waals surface area contributed by atoms with Gasteiger partial charge in [-0.1, -0.05) is 6.07 Å². The fourth-order valence-corrected chi connectivity index (χ4v) is 1.32. The Bertz CT molecular complexity index is 299. The second kappa shape index (κ2) is 3.71. The zero-order chi connectivity index (χ0) is 9.30. The summed E-state index contributed by atoms with van der Waals surface area (Å²) in [6.07, 6.45) is 0. The molecule has 0 amide bonds. The third-order valence-corrected chi connectivity index (χ3v) is 2.34. The van der Waals surface area contributed by atoms with E-state index in [1.54, 1.807) is 6.92 Å². The lowest BCUT2D eigenvalue weighted by molar-refractivity contribution is 0.494. The van der Waals surface area contributed by atoms with Crippen molar-refractivity contribution in [3.8, 4) is 0 Å². The van der Waals surface area contributed by atoms with Crippen molar-refractivity contribution in [3.63, 3.8) is 0 Å². The molecule has 0 N–H and O–H groups in total. The Labute approximate surface area is 82.7 Å². The second-order valence-electron chi connectivity index (χ2n) is 2.38. The molecule has 0 radical (unpaired) electrons. The quantitative estimate of drug-likeness (QED) is 0.525. The highest BCUT2D eigenvalue weighted by molar-refractivity contribution is 9.10. The van der Waals surface area contributed by atoms with Gasteiger partial charge in [0.25, 0.3) is 0 Å². The maximum absolute atomic E-state index is 13.0. The Hall–Kier alpha value is -0.150. The van der Waals surface area contributed by atoms with Crippen LogP contribution in [0.5, 0.6) is 0 Å². The number of benzene rings is 1. The first kappa shape index (κ1) is 9.93. The molecule has 66 valence electrons.